The number of aromatic nitrogens is 2. The van der Waals surface area contributed by atoms with Crippen molar-refractivity contribution in [2.24, 2.45) is 10.2 Å². The smallest absolute Gasteiger partial charge is 0.302 e. The Balaban J connectivity index is 1.98. The van der Waals surface area contributed by atoms with Gasteiger partial charge in [0.15, 0.2) is 0 Å². The molecule has 2 rings (SSSR count). The number of carbonyl (C=O) groups excluding carboxylic acids is 1. The van der Waals surface area contributed by atoms with Crippen molar-refractivity contribution in [1.29, 1.82) is 0 Å². The van der Waals surface area contributed by atoms with Gasteiger partial charge in [0.2, 0.25) is 0 Å². The molecule has 0 aliphatic rings. The third-order valence-corrected chi connectivity index (χ3v) is 3.39. The molecule has 0 bridgehead atoms. The van der Waals surface area contributed by atoms with Crippen molar-refractivity contribution < 1.29 is 14.3 Å². The maximum absolute atomic E-state index is 10.7. The highest BCUT2D eigenvalue weighted by Crippen LogP contribution is 2.25. The number of ether oxygens (including phenoxy) is 2. The van der Waals surface area contributed by atoms with E-state index in [0.717, 1.165) is 22.8 Å². The topological polar surface area (TPSA) is 78.1 Å². The highest BCUT2D eigenvalue weighted by atomic mass is 16.6. The van der Waals surface area contributed by atoms with Crippen LogP contribution in [0.1, 0.15) is 23.9 Å². The minimum atomic E-state index is -0.316. The summed E-state index contributed by atoms with van der Waals surface area (Å²) in [5.41, 5.74) is 4.37. The number of hydrogen-bond donors (Lipinski definition) is 0. The van der Waals surface area contributed by atoms with Crippen LogP contribution >= 0.6 is 0 Å². The fourth-order valence-corrected chi connectivity index (χ4v) is 2.07. The first-order chi connectivity index (χ1) is 11.5. The monoisotopic (exact) mass is 330 g/mol. The summed E-state index contributed by atoms with van der Waals surface area (Å²) in [5.74, 6) is -0.316. The van der Waals surface area contributed by atoms with Crippen LogP contribution in [0.25, 0.3) is 0 Å². The van der Waals surface area contributed by atoms with Gasteiger partial charge in [-0.3, -0.25) is 4.79 Å². The van der Waals surface area contributed by atoms with E-state index in [1.807, 2.05) is 45.0 Å². The lowest BCUT2D eigenvalue weighted by Crippen LogP contribution is -2.11. The zero-order chi connectivity index (χ0) is 17.5. The average molecular weight is 330 g/mol. The van der Waals surface area contributed by atoms with E-state index in [0.29, 0.717) is 6.61 Å². The molecule has 0 aliphatic carbocycles. The lowest BCUT2D eigenvalue weighted by Gasteiger charge is -2.06. The molecule has 0 amide bonds. The highest BCUT2D eigenvalue weighted by Gasteiger charge is 2.11. The van der Waals surface area contributed by atoms with Gasteiger partial charge in [-0.1, -0.05) is 17.7 Å². The molecule has 0 spiro atoms. The number of rotatable bonds is 7. The van der Waals surface area contributed by atoms with Crippen molar-refractivity contribution >= 4 is 17.3 Å². The fraction of sp³-hybridized carbons (Fsp3) is 0.412. The van der Waals surface area contributed by atoms with Gasteiger partial charge in [-0.15, -0.1) is 5.11 Å². The number of carbonyl (C=O) groups is 1. The van der Waals surface area contributed by atoms with Crippen LogP contribution in [0, 0.1) is 20.8 Å². The van der Waals surface area contributed by atoms with Crippen molar-refractivity contribution in [3.63, 3.8) is 0 Å². The van der Waals surface area contributed by atoms with Crippen molar-refractivity contribution in [2.75, 3.05) is 13.2 Å². The van der Waals surface area contributed by atoms with Gasteiger partial charge in [-0.05, 0) is 32.9 Å². The SMILES string of the molecule is CC(=O)OCCOCn1nc(C)c(N=Nc2ccc(C)cc2)c1C. The van der Waals surface area contributed by atoms with Crippen LogP contribution in [-0.2, 0) is 21.0 Å². The molecule has 0 atom stereocenters. The standard InChI is InChI=1S/C17H22N4O3/c1-12-5-7-16(8-6-12)18-19-17-13(2)20-21(14(17)3)11-23-9-10-24-15(4)22/h5-8H,9-11H2,1-4H3. The Morgan fingerprint density at radius 2 is 1.83 bits per heavy atom. The lowest BCUT2D eigenvalue weighted by atomic mass is 10.2. The van der Waals surface area contributed by atoms with Gasteiger partial charge in [0.1, 0.15) is 19.0 Å². The van der Waals surface area contributed by atoms with Gasteiger partial charge in [-0.25, -0.2) is 4.68 Å². The number of hydrogen-bond acceptors (Lipinski definition) is 6. The maximum Gasteiger partial charge on any atom is 0.302 e. The van der Waals surface area contributed by atoms with Crippen LogP contribution in [0.3, 0.4) is 0 Å². The van der Waals surface area contributed by atoms with Crippen molar-refractivity contribution in [1.82, 2.24) is 9.78 Å². The van der Waals surface area contributed by atoms with E-state index >= 15 is 0 Å². The summed E-state index contributed by atoms with van der Waals surface area (Å²) in [4.78, 5) is 10.7. The minimum absolute atomic E-state index is 0.231. The number of benzene rings is 1. The fourth-order valence-electron chi connectivity index (χ4n) is 2.07. The Morgan fingerprint density at radius 1 is 1.12 bits per heavy atom. The van der Waals surface area contributed by atoms with Crippen molar-refractivity contribution in [3.05, 3.63) is 41.2 Å². The van der Waals surface area contributed by atoms with Crippen LogP contribution in [-0.4, -0.2) is 29.0 Å². The largest absolute Gasteiger partial charge is 0.463 e. The first-order valence-electron chi connectivity index (χ1n) is 7.71. The van der Waals surface area contributed by atoms with E-state index in [4.69, 9.17) is 9.47 Å². The van der Waals surface area contributed by atoms with Gasteiger partial charge in [-0.2, -0.15) is 10.2 Å². The van der Waals surface area contributed by atoms with E-state index in [1.165, 1.54) is 12.5 Å². The number of aryl methyl sites for hydroxylation is 2. The molecule has 1 aromatic carbocycles. The van der Waals surface area contributed by atoms with Crippen molar-refractivity contribution in [3.8, 4) is 0 Å². The first-order valence-corrected chi connectivity index (χ1v) is 7.71. The molecule has 0 unspecified atom stereocenters. The third-order valence-electron chi connectivity index (χ3n) is 3.39. The quantitative estimate of drug-likeness (QED) is 0.440. The molecule has 128 valence electrons. The molecular weight excluding hydrogens is 308 g/mol. The normalized spacial score (nSPS) is 11.2. The second kappa shape index (κ2) is 8.35. The van der Waals surface area contributed by atoms with Crippen LogP contribution in [0.4, 0.5) is 11.4 Å². The van der Waals surface area contributed by atoms with E-state index in [1.54, 1.807) is 4.68 Å². The molecule has 0 N–H and O–H groups in total. The maximum atomic E-state index is 10.7. The van der Waals surface area contributed by atoms with E-state index < -0.39 is 0 Å². The van der Waals surface area contributed by atoms with Gasteiger partial charge in [0.25, 0.3) is 0 Å². The second-order valence-corrected chi connectivity index (χ2v) is 5.43. The van der Waals surface area contributed by atoms with Crippen LogP contribution < -0.4 is 0 Å². The van der Waals surface area contributed by atoms with Crippen LogP contribution in [0.5, 0.6) is 0 Å². The summed E-state index contributed by atoms with van der Waals surface area (Å²) >= 11 is 0. The highest BCUT2D eigenvalue weighted by molar-refractivity contribution is 5.65. The summed E-state index contributed by atoms with van der Waals surface area (Å²) in [6.45, 7) is 8.01. The molecule has 0 saturated carbocycles. The minimum Gasteiger partial charge on any atom is -0.463 e. The zero-order valence-electron chi connectivity index (χ0n) is 14.4. The van der Waals surface area contributed by atoms with Gasteiger partial charge in [0, 0.05) is 6.92 Å². The molecule has 2 aromatic rings. The summed E-state index contributed by atoms with van der Waals surface area (Å²) < 4.78 is 12.0. The molecule has 0 saturated heterocycles. The Labute approximate surface area is 141 Å². The molecule has 24 heavy (non-hydrogen) atoms. The predicted molar refractivity (Wildman–Crippen MR) is 89.6 cm³/mol. The zero-order valence-corrected chi connectivity index (χ0v) is 14.4. The Bertz CT molecular complexity index is 720. The Morgan fingerprint density at radius 3 is 2.50 bits per heavy atom. The van der Waals surface area contributed by atoms with E-state index in [9.17, 15) is 4.79 Å². The van der Waals surface area contributed by atoms with Crippen molar-refractivity contribution in [2.45, 2.75) is 34.4 Å². The molecule has 0 fully saturated rings. The molecule has 7 heteroatoms. The van der Waals surface area contributed by atoms with Gasteiger partial charge < -0.3 is 9.47 Å². The lowest BCUT2D eigenvalue weighted by molar-refractivity contribution is -0.142. The molecular formula is C17H22N4O3. The Hall–Kier alpha value is -2.54. The number of azo groups is 1. The second-order valence-electron chi connectivity index (χ2n) is 5.43. The summed E-state index contributed by atoms with van der Waals surface area (Å²) in [5, 5.41) is 13.0. The van der Waals surface area contributed by atoms with Crippen LogP contribution in [0.15, 0.2) is 34.5 Å². The summed E-state index contributed by atoms with van der Waals surface area (Å²) in [6, 6.07) is 7.83. The molecule has 1 aromatic heterocycles. The molecule has 1 heterocycles. The first kappa shape index (κ1) is 17.8. The predicted octanol–water partition coefficient (Wildman–Crippen LogP) is 3.76. The summed E-state index contributed by atoms with van der Waals surface area (Å²) in [7, 11) is 0. The van der Waals surface area contributed by atoms with Gasteiger partial charge >= 0.3 is 5.97 Å². The molecule has 7 nitrogen and oxygen atoms in total. The molecule has 0 aliphatic heterocycles. The molecule has 0 radical (unpaired) electrons. The van der Waals surface area contributed by atoms with E-state index in [2.05, 4.69) is 15.3 Å². The summed E-state index contributed by atoms with van der Waals surface area (Å²) in [6.07, 6.45) is 0. The Kier molecular flexibility index (Phi) is 6.20. The number of nitrogens with zero attached hydrogens (tertiary/aromatic N) is 4. The number of esters is 1. The third kappa shape index (κ3) is 4.99. The van der Waals surface area contributed by atoms with Gasteiger partial charge in [0.05, 0.1) is 23.7 Å². The van der Waals surface area contributed by atoms with E-state index in [-0.39, 0.29) is 19.3 Å². The average Bonchev–Trinajstić information content (AvgIpc) is 2.80. The van der Waals surface area contributed by atoms with Crippen LogP contribution in [0.2, 0.25) is 0 Å².